The molecule has 1 aliphatic rings. The first-order valence-corrected chi connectivity index (χ1v) is 5.58. The summed E-state index contributed by atoms with van der Waals surface area (Å²) < 4.78 is 0. The highest BCUT2D eigenvalue weighted by atomic mass is 127. The molecule has 4 nitrogen and oxygen atoms in total. The summed E-state index contributed by atoms with van der Waals surface area (Å²) in [5, 5.41) is 0. The van der Waals surface area contributed by atoms with Gasteiger partial charge < -0.3 is 14.7 Å². The smallest absolute Gasteiger partial charge is 0.195 e. The van der Waals surface area contributed by atoms with Gasteiger partial charge in [-0.2, -0.15) is 0 Å². The average molecular weight is 340 g/mol. The van der Waals surface area contributed by atoms with Crippen molar-refractivity contribution in [2.24, 2.45) is 10.9 Å². The molecule has 1 fully saturated rings. The Morgan fingerprint density at radius 1 is 1.25 bits per heavy atom. The van der Waals surface area contributed by atoms with Crippen molar-refractivity contribution in [2.45, 2.75) is 6.42 Å². The summed E-state index contributed by atoms with van der Waals surface area (Å²) in [6, 6.07) is 0. The van der Waals surface area contributed by atoms with Gasteiger partial charge in [-0.05, 0) is 25.9 Å². The molecule has 1 atom stereocenters. The van der Waals surface area contributed by atoms with Crippen LogP contribution < -0.4 is 0 Å². The maximum atomic E-state index is 4.68. The molecule has 96 valence electrons. The summed E-state index contributed by atoms with van der Waals surface area (Å²) in [4.78, 5) is 11.2. The Kier molecular flexibility index (Phi) is 7.30. The van der Waals surface area contributed by atoms with E-state index in [1.54, 1.807) is 0 Å². The molecule has 0 aromatic heterocycles. The van der Waals surface area contributed by atoms with Crippen LogP contribution in [0.1, 0.15) is 6.42 Å². The minimum absolute atomic E-state index is 0. The summed E-state index contributed by atoms with van der Waals surface area (Å²) in [6.07, 6.45) is 1.29. The fourth-order valence-electron chi connectivity index (χ4n) is 2.07. The monoisotopic (exact) mass is 340 g/mol. The Hall–Kier alpha value is -0.0400. The molecule has 0 aromatic carbocycles. The van der Waals surface area contributed by atoms with Gasteiger partial charge in [0.2, 0.25) is 0 Å². The number of halogens is 1. The van der Waals surface area contributed by atoms with Gasteiger partial charge in [0.25, 0.3) is 0 Å². The summed E-state index contributed by atoms with van der Waals surface area (Å²) in [5.41, 5.74) is 0. The molecule has 0 saturated carbocycles. The first-order valence-electron chi connectivity index (χ1n) is 5.58. The van der Waals surface area contributed by atoms with Crippen molar-refractivity contribution in [2.75, 3.05) is 54.9 Å². The van der Waals surface area contributed by atoms with Crippen molar-refractivity contribution in [3.8, 4) is 0 Å². The molecule has 1 unspecified atom stereocenters. The van der Waals surface area contributed by atoms with E-state index in [0.717, 1.165) is 18.4 Å². The van der Waals surface area contributed by atoms with Gasteiger partial charge in [-0.15, -0.1) is 24.0 Å². The van der Waals surface area contributed by atoms with Crippen LogP contribution in [-0.4, -0.2) is 75.5 Å². The molecule has 1 saturated heterocycles. The molecule has 1 aliphatic heterocycles. The molecule has 0 radical (unpaired) electrons. The largest absolute Gasteiger partial charge is 0.349 e. The Morgan fingerprint density at radius 3 is 2.19 bits per heavy atom. The minimum atomic E-state index is 0. The van der Waals surface area contributed by atoms with Crippen LogP contribution in [0.15, 0.2) is 4.99 Å². The van der Waals surface area contributed by atoms with E-state index < -0.39 is 0 Å². The molecule has 16 heavy (non-hydrogen) atoms. The molecule has 0 amide bonds. The standard InChI is InChI=1S/C11H24N4.HI/c1-13(2)11(14(3)4)12-8-10-6-7-15(5)9-10;/h10H,6-9H2,1-5H3;1H. The number of nitrogens with zero attached hydrogens (tertiary/aromatic N) is 4. The van der Waals surface area contributed by atoms with Crippen molar-refractivity contribution in [1.82, 2.24) is 14.7 Å². The van der Waals surface area contributed by atoms with Gasteiger partial charge in [0, 0.05) is 41.3 Å². The van der Waals surface area contributed by atoms with Gasteiger partial charge in [-0.1, -0.05) is 0 Å². The molecule has 0 aromatic rings. The van der Waals surface area contributed by atoms with E-state index in [2.05, 4.69) is 26.7 Å². The molecule has 1 rings (SSSR count). The van der Waals surface area contributed by atoms with Crippen LogP contribution in [0.2, 0.25) is 0 Å². The molecule has 1 heterocycles. The minimum Gasteiger partial charge on any atom is -0.349 e. The molecule has 5 heteroatoms. The van der Waals surface area contributed by atoms with Crippen molar-refractivity contribution in [1.29, 1.82) is 0 Å². The third-order valence-electron chi connectivity index (χ3n) is 2.78. The normalized spacial score (nSPS) is 20.2. The zero-order valence-corrected chi connectivity index (χ0v) is 13.4. The highest BCUT2D eigenvalue weighted by molar-refractivity contribution is 14.0. The van der Waals surface area contributed by atoms with E-state index in [4.69, 9.17) is 0 Å². The summed E-state index contributed by atoms with van der Waals surface area (Å²) in [7, 11) is 10.3. The fraction of sp³-hybridized carbons (Fsp3) is 0.909. The van der Waals surface area contributed by atoms with E-state index >= 15 is 0 Å². The second-order valence-corrected chi connectivity index (χ2v) is 4.85. The second kappa shape index (κ2) is 7.32. The van der Waals surface area contributed by atoms with Gasteiger partial charge in [0.15, 0.2) is 5.96 Å². The van der Waals surface area contributed by atoms with Gasteiger partial charge in [0.05, 0.1) is 0 Å². The van der Waals surface area contributed by atoms with Gasteiger partial charge >= 0.3 is 0 Å². The Balaban J connectivity index is 0.00000225. The van der Waals surface area contributed by atoms with Crippen LogP contribution in [0.25, 0.3) is 0 Å². The number of guanidine groups is 1. The lowest BCUT2D eigenvalue weighted by Crippen LogP contribution is -2.36. The number of aliphatic imine (C=N–C) groups is 1. The Labute approximate surface area is 117 Å². The van der Waals surface area contributed by atoms with Crippen molar-refractivity contribution >= 4 is 29.9 Å². The van der Waals surface area contributed by atoms with E-state index in [1.165, 1.54) is 19.5 Å². The van der Waals surface area contributed by atoms with Crippen LogP contribution >= 0.6 is 24.0 Å². The Morgan fingerprint density at radius 2 is 1.81 bits per heavy atom. The van der Waals surface area contributed by atoms with E-state index in [9.17, 15) is 0 Å². The van der Waals surface area contributed by atoms with Crippen molar-refractivity contribution < 1.29 is 0 Å². The number of hydrogen-bond donors (Lipinski definition) is 0. The van der Waals surface area contributed by atoms with Crippen LogP contribution in [0, 0.1) is 5.92 Å². The van der Waals surface area contributed by atoms with Crippen LogP contribution in [-0.2, 0) is 0 Å². The maximum absolute atomic E-state index is 4.68. The zero-order valence-electron chi connectivity index (χ0n) is 11.1. The Bertz CT molecular complexity index is 218. The predicted molar refractivity (Wildman–Crippen MR) is 80.7 cm³/mol. The summed E-state index contributed by atoms with van der Waals surface area (Å²) in [6.45, 7) is 3.37. The van der Waals surface area contributed by atoms with E-state index in [-0.39, 0.29) is 24.0 Å². The number of hydrogen-bond acceptors (Lipinski definition) is 2. The van der Waals surface area contributed by atoms with Crippen molar-refractivity contribution in [3.05, 3.63) is 0 Å². The van der Waals surface area contributed by atoms with Crippen molar-refractivity contribution in [3.63, 3.8) is 0 Å². The molecule has 0 bridgehead atoms. The van der Waals surface area contributed by atoms with Gasteiger partial charge in [-0.3, -0.25) is 4.99 Å². The van der Waals surface area contributed by atoms with Crippen LogP contribution in [0.5, 0.6) is 0 Å². The highest BCUT2D eigenvalue weighted by Crippen LogP contribution is 2.14. The average Bonchev–Trinajstić information content (AvgIpc) is 2.50. The topological polar surface area (TPSA) is 22.1 Å². The fourth-order valence-corrected chi connectivity index (χ4v) is 2.07. The molecule has 0 spiro atoms. The number of likely N-dealkylation sites (tertiary alicyclic amines) is 1. The first kappa shape index (κ1) is 16.0. The lowest BCUT2D eigenvalue weighted by molar-refractivity contribution is 0.395. The van der Waals surface area contributed by atoms with E-state index in [0.29, 0.717) is 0 Å². The van der Waals surface area contributed by atoms with Crippen LogP contribution in [0.4, 0.5) is 0 Å². The third kappa shape index (κ3) is 4.86. The first-order chi connectivity index (χ1) is 7.00. The maximum Gasteiger partial charge on any atom is 0.195 e. The third-order valence-corrected chi connectivity index (χ3v) is 2.78. The molecule has 0 N–H and O–H groups in total. The molecular weight excluding hydrogens is 315 g/mol. The second-order valence-electron chi connectivity index (χ2n) is 4.85. The SMILES string of the molecule is CN1CCC(CN=C(N(C)C)N(C)C)C1.I. The van der Waals surface area contributed by atoms with Gasteiger partial charge in [0.1, 0.15) is 0 Å². The van der Waals surface area contributed by atoms with Crippen LogP contribution in [0.3, 0.4) is 0 Å². The quantitative estimate of drug-likeness (QED) is 0.426. The van der Waals surface area contributed by atoms with E-state index in [1.807, 2.05) is 28.2 Å². The number of rotatable bonds is 2. The lowest BCUT2D eigenvalue weighted by Gasteiger charge is -2.23. The summed E-state index contributed by atoms with van der Waals surface area (Å²) in [5.74, 6) is 1.80. The molecular formula is C11H25IN4. The zero-order chi connectivity index (χ0) is 11.4. The molecule has 0 aliphatic carbocycles. The summed E-state index contributed by atoms with van der Waals surface area (Å²) >= 11 is 0. The van der Waals surface area contributed by atoms with Gasteiger partial charge in [-0.25, -0.2) is 0 Å². The highest BCUT2D eigenvalue weighted by Gasteiger charge is 2.19. The lowest BCUT2D eigenvalue weighted by atomic mass is 10.1. The predicted octanol–water partition coefficient (Wildman–Crippen LogP) is 1.04.